The maximum absolute atomic E-state index is 12.6. The van der Waals surface area contributed by atoms with Crippen molar-refractivity contribution < 1.29 is 23.8 Å². The van der Waals surface area contributed by atoms with Gasteiger partial charge in [0.15, 0.2) is 0 Å². The van der Waals surface area contributed by atoms with Crippen molar-refractivity contribution >= 4 is 11.9 Å². The number of hydrogen-bond acceptors (Lipinski definition) is 5. The van der Waals surface area contributed by atoms with Gasteiger partial charge in [0.1, 0.15) is 11.5 Å². The van der Waals surface area contributed by atoms with E-state index in [-0.39, 0.29) is 24.7 Å². The van der Waals surface area contributed by atoms with E-state index in [0.29, 0.717) is 11.5 Å². The van der Waals surface area contributed by atoms with E-state index in [9.17, 15) is 9.59 Å². The Labute approximate surface area is 159 Å². The highest BCUT2D eigenvalue weighted by Gasteiger charge is 2.20. The molecule has 0 unspecified atom stereocenters. The molecule has 1 N–H and O–H groups in total. The minimum atomic E-state index is -0.463. The molecule has 0 fully saturated rings. The third kappa shape index (κ3) is 5.74. The molecule has 0 heterocycles. The summed E-state index contributed by atoms with van der Waals surface area (Å²) in [6.07, 6.45) is 0.182. The van der Waals surface area contributed by atoms with Crippen molar-refractivity contribution in [1.82, 2.24) is 5.32 Å². The molecule has 0 saturated heterocycles. The van der Waals surface area contributed by atoms with E-state index in [1.54, 1.807) is 32.4 Å². The summed E-state index contributed by atoms with van der Waals surface area (Å²) in [7, 11) is 4.45. The van der Waals surface area contributed by atoms with Crippen molar-refractivity contribution in [3.63, 3.8) is 0 Å². The number of rotatable bonds is 8. The summed E-state index contributed by atoms with van der Waals surface area (Å²) in [5, 5.41) is 2.92. The first-order chi connectivity index (χ1) is 13.0. The van der Waals surface area contributed by atoms with Gasteiger partial charge in [0.2, 0.25) is 5.91 Å². The lowest BCUT2D eigenvalue weighted by Crippen LogP contribution is -2.31. The van der Waals surface area contributed by atoms with Gasteiger partial charge in [-0.1, -0.05) is 35.9 Å². The van der Waals surface area contributed by atoms with E-state index >= 15 is 0 Å². The second kappa shape index (κ2) is 9.62. The van der Waals surface area contributed by atoms with Gasteiger partial charge in [0.05, 0.1) is 40.2 Å². The van der Waals surface area contributed by atoms with E-state index in [1.165, 1.54) is 7.11 Å². The van der Waals surface area contributed by atoms with Crippen molar-refractivity contribution in [3.8, 4) is 11.5 Å². The van der Waals surface area contributed by atoms with Crippen LogP contribution < -0.4 is 14.8 Å². The summed E-state index contributed by atoms with van der Waals surface area (Å²) in [5.74, 6) is 0.624. The molecular weight excluding hydrogens is 346 g/mol. The number of carbonyl (C=O) groups excluding carboxylic acids is 2. The summed E-state index contributed by atoms with van der Waals surface area (Å²) in [5.41, 5.74) is 2.68. The molecule has 144 valence electrons. The topological polar surface area (TPSA) is 73.9 Å². The summed E-state index contributed by atoms with van der Waals surface area (Å²) in [4.78, 5) is 24.4. The first kappa shape index (κ1) is 20.3. The van der Waals surface area contributed by atoms with Gasteiger partial charge in [0, 0.05) is 11.6 Å². The standard InChI is InChI=1S/C21H25NO5/c1-14-5-7-15(8-6-14)18(13-21(24)27-4)22-20(23)11-16-9-10-17(25-2)12-19(16)26-3/h5-10,12,18H,11,13H2,1-4H3,(H,22,23)/t18-/m1/s1. The number of aryl methyl sites for hydroxylation is 1. The van der Waals surface area contributed by atoms with Crippen molar-refractivity contribution in [1.29, 1.82) is 0 Å². The Kier molecular flexibility index (Phi) is 7.23. The summed E-state index contributed by atoms with van der Waals surface area (Å²) >= 11 is 0. The second-order valence-electron chi connectivity index (χ2n) is 6.17. The Morgan fingerprint density at radius 1 is 1.00 bits per heavy atom. The molecule has 1 atom stereocenters. The van der Waals surface area contributed by atoms with Crippen LogP contribution in [0.2, 0.25) is 0 Å². The van der Waals surface area contributed by atoms with Crippen LogP contribution in [0.5, 0.6) is 11.5 Å². The lowest BCUT2D eigenvalue weighted by atomic mass is 10.0. The molecule has 27 heavy (non-hydrogen) atoms. The number of methoxy groups -OCH3 is 3. The van der Waals surface area contributed by atoms with Crippen molar-refractivity contribution in [2.45, 2.75) is 25.8 Å². The monoisotopic (exact) mass is 371 g/mol. The van der Waals surface area contributed by atoms with Crippen LogP contribution in [-0.2, 0) is 20.7 Å². The SMILES string of the molecule is COC(=O)C[C@@H](NC(=O)Cc1ccc(OC)cc1OC)c1ccc(C)cc1. The molecule has 2 rings (SSSR count). The zero-order valence-electron chi connectivity index (χ0n) is 16.1. The maximum atomic E-state index is 12.6. The van der Waals surface area contributed by atoms with Crippen LogP contribution in [0.25, 0.3) is 0 Å². The van der Waals surface area contributed by atoms with Crippen LogP contribution in [0.4, 0.5) is 0 Å². The fourth-order valence-electron chi connectivity index (χ4n) is 2.72. The molecule has 0 aromatic heterocycles. The number of ether oxygens (including phenoxy) is 3. The van der Waals surface area contributed by atoms with Gasteiger partial charge in [-0.2, -0.15) is 0 Å². The largest absolute Gasteiger partial charge is 0.497 e. The van der Waals surface area contributed by atoms with Crippen LogP contribution in [0, 0.1) is 6.92 Å². The van der Waals surface area contributed by atoms with Gasteiger partial charge in [-0.3, -0.25) is 9.59 Å². The zero-order chi connectivity index (χ0) is 19.8. The lowest BCUT2D eigenvalue weighted by molar-refractivity contribution is -0.141. The van der Waals surface area contributed by atoms with Crippen LogP contribution >= 0.6 is 0 Å². The lowest BCUT2D eigenvalue weighted by Gasteiger charge is -2.19. The Balaban J connectivity index is 2.15. The fraction of sp³-hybridized carbons (Fsp3) is 0.333. The summed E-state index contributed by atoms with van der Waals surface area (Å²) in [6, 6.07) is 12.5. The molecular formula is C21H25NO5. The number of hydrogen-bond donors (Lipinski definition) is 1. The van der Waals surface area contributed by atoms with Crippen molar-refractivity contribution in [2.75, 3.05) is 21.3 Å². The first-order valence-corrected chi connectivity index (χ1v) is 8.60. The number of nitrogens with one attached hydrogen (secondary N) is 1. The minimum Gasteiger partial charge on any atom is -0.497 e. The average Bonchev–Trinajstić information content (AvgIpc) is 2.68. The predicted molar refractivity (Wildman–Crippen MR) is 102 cm³/mol. The van der Waals surface area contributed by atoms with E-state index in [4.69, 9.17) is 14.2 Å². The van der Waals surface area contributed by atoms with Gasteiger partial charge >= 0.3 is 5.97 Å². The number of esters is 1. The summed E-state index contributed by atoms with van der Waals surface area (Å²) in [6.45, 7) is 1.98. The van der Waals surface area contributed by atoms with Gasteiger partial charge < -0.3 is 19.5 Å². The quantitative estimate of drug-likeness (QED) is 0.722. The third-order valence-corrected chi connectivity index (χ3v) is 4.26. The van der Waals surface area contributed by atoms with Gasteiger partial charge in [-0.05, 0) is 18.6 Å². The smallest absolute Gasteiger partial charge is 0.307 e. The Hall–Kier alpha value is -3.02. The van der Waals surface area contributed by atoms with Gasteiger partial charge in [-0.15, -0.1) is 0 Å². The maximum Gasteiger partial charge on any atom is 0.307 e. The van der Waals surface area contributed by atoms with Crippen LogP contribution in [0.1, 0.15) is 29.2 Å². The van der Waals surface area contributed by atoms with E-state index in [2.05, 4.69) is 5.32 Å². The number of carbonyl (C=O) groups is 2. The van der Waals surface area contributed by atoms with Crippen LogP contribution in [0.3, 0.4) is 0 Å². The first-order valence-electron chi connectivity index (χ1n) is 8.60. The molecule has 2 aromatic rings. The number of amides is 1. The molecule has 1 amide bonds. The van der Waals surface area contributed by atoms with Gasteiger partial charge in [-0.25, -0.2) is 0 Å². The predicted octanol–water partition coefficient (Wildman–Crippen LogP) is 2.98. The van der Waals surface area contributed by atoms with Crippen molar-refractivity contribution in [3.05, 3.63) is 59.2 Å². The van der Waals surface area contributed by atoms with E-state index in [1.807, 2.05) is 31.2 Å². The molecule has 0 aliphatic rings. The molecule has 6 nitrogen and oxygen atoms in total. The Morgan fingerprint density at radius 2 is 1.70 bits per heavy atom. The van der Waals surface area contributed by atoms with E-state index < -0.39 is 6.04 Å². The normalized spacial score (nSPS) is 11.4. The molecule has 0 aliphatic carbocycles. The summed E-state index contributed by atoms with van der Waals surface area (Å²) < 4.78 is 15.3. The fourth-order valence-corrected chi connectivity index (χ4v) is 2.72. The molecule has 0 saturated carbocycles. The molecule has 6 heteroatoms. The molecule has 2 aromatic carbocycles. The number of benzene rings is 2. The molecule has 0 spiro atoms. The van der Waals surface area contributed by atoms with E-state index in [0.717, 1.165) is 16.7 Å². The highest BCUT2D eigenvalue weighted by molar-refractivity contribution is 5.81. The minimum absolute atomic E-state index is 0.0606. The second-order valence-corrected chi connectivity index (χ2v) is 6.17. The molecule has 0 radical (unpaired) electrons. The average molecular weight is 371 g/mol. The van der Waals surface area contributed by atoms with Crippen molar-refractivity contribution in [2.24, 2.45) is 0 Å². The van der Waals surface area contributed by atoms with Crippen LogP contribution in [0.15, 0.2) is 42.5 Å². The Morgan fingerprint density at radius 3 is 2.30 bits per heavy atom. The highest BCUT2D eigenvalue weighted by Crippen LogP contribution is 2.25. The zero-order valence-corrected chi connectivity index (χ0v) is 16.1. The van der Waals surface area contributed by atoms with Gasteiger partial charge in [0.25, 0.3) is 0 Å². The molecule has 0 bridgehead atoms. The third-order valence-electron chi connectivity index (χ3n) is 4.26. The highest BCUT2D eigenvalue weighted by atomic mass is 16.5. The molecule has 0 aliphatic heterocycles. The Bertz CT molecular complexity index is 786. The van der Waals surface area contributed by atoms with Crippen LogP contribution in [-0.4, -0.2) is 33.2 Å².